The van der Waals surface area contributed by atoms with Crippen molar-refractivity contribution in [3.8, 4) is 0 Å². The summed E-state index contributed by atoms with van der Waals surface area (Å²) in [5.41, 5.74) is 6.67. The summed E-state index contributed by atoms with van der Waals surface area (Å²) in [5, 5.41) is 18.7. The van der Waals surface area contributed by atoms with Gasteiger partial charge in [0.1, 0.15) is 17.9 Å². The molecule has 0 bridgehead atoms. The van der Waals surface area contributed by atoms with Gasteiger partial charge in [-0.1, -0.05) is 0 Å². The first-order chi connectivity index (χ1) is 9.46. The van der Waals surface area contributed by atoms with E-state index in [9.17, 15) is 13.9 Å². The number of hydrogen-bond acceptors (Lipinski definition) is 5. The van der Waals surface area contributed by atoms with Gasteiger partial charge in [-0.3, -0.25) is 0 Å². The van der Waals surface area contributed by atoms with Crippen molar-refractivity contribution < 1.29 is 19.0 Å². The van der Waals surface area contributed by atoms with E-state index in [-0.39, 0.29) is 17.8 Å². The molecule has 8 heteroatoms. The minimum absolute atomic E-state index is 0.0124. The summed E-state index contributed by atoms with van der Waals surface area (Å²) in [5.74, 6) is -5.19. The van der Waals surface area contributed by atoms with E-state index in [1.165, 1.54) is 12.5 Å². The van der Waals surface area contributed by atoms with E-state index in [4.69, 9.17) is 10.8 Å². The molecular weight excluding hydrogens is 270 g/mol. The summed E-state index contributed by atoms with van der Waals surface area (Å²) in [6.45, 7) is -0.479. The zero-order valence-electron chi connectivity index (χ0n) is 10.4. The molecule has 0 aliphatic heterocycles. The van der Waals surface area contributed by atoms with Gasteiger partial charge in [-0.05, 0) is 6.42 Å². The maximum atomic E-state index is 14.2. The first-order valence-corrected chi connectivity index (χ1v) is 6.21. The van der Waals surface area contributed by atoms with Gasteiger partial charge in [-0.15, -0.1) is 0 Å². The number of aliphatic hydroxyl groups excluding tert-OH is 2. The van der Waals surface area contributed by atoms with Crippen LogP contribution in [0.15, 0.2) is 12.5 Å². The molecule has 0 spiro atoms. The minimum Gasteiger partial charge on any atom is -0.396 e. The van der Waals surface area contributed by atoms with E-state index >= 15 is 0 Å². The molecule has 2 aromatic rings. The molecule has 3 rings (SSSR count). The average molecular weight is 284 g/mol. The zero-order chi connectivity index (χ0) is 14.5. The number of rotatable bonds is 2. The number of nitrogens with zero attached hydrogens (tertiary/aromatic N) is 2. The summed E-state index contributed by atoms with van der Waals surface area (Å²) in [4.78, 5) is 10.6. The molecule has 1 aliphatic carbocycles. The Hall–Kier alpha value is -1.80. The van der Waals surface area contributed by atoms with Crippen molar-refractivity contribution in [1.82, 2.24) is 15.0 Å². The Bertz CT molecular complexity index is 645. The summed E-state index contributed by atoms with van der Waals surface area (Å²) >= 11 is 0. The van der Waals surface area contributed by atoms with Gasteiger partial charge in [0, 0.05) is 24.3 Å². The average Bonchev–Trinajstić information content (AvgIpc) is 2.92. The highest BCUT2D eigenvalue weighted by Crippen LogP contribution is 2.50. The Kier molecular flexibility index (Phi) is 2.87. The standard InChI is InChI=1S/C12H14F2N4O2/c13-12(14)7(1-5(3-19)10(12)20)6-2-16-9-8(6)17-4-18-11(9)15/h2,4-5,7,10,16,19-20H,1,3H2,(H2,15,17,18)/t5-,7+,10-/m1/s1. The van der Waals surface area contributed by atoms with Gasteiger partial charge in [0.15, 0.2) is 5.82 Å². The number of nitrogens with one attached hydrogen (secondary N) is 1. The lowest BCUT2D eigenvalue weighted by Crippen LogP contribution is -2.35. The molecule has 1 fully saturated rings. The van der Waals surface area contributed by atoms with Crippen LogP contribution < -0.4 is 5.73 Å². The Morgan fingerprint density at radius 1 is 1.45 bits per heavy atom. The van der Waals surface area contributed by atoms with Crippen molar-refractivity contribution in [3.05, 3.63) is 18.1 Å². The van der Waals surface area contributed by atoms with E-state index < -0.39 is 30.5 Å². The summed E-state index contributed by atoms with van der Waals surface area (Å²) < 4.78 is 28.4. The Balaban J connectivity index is 2.10. The molecule has 1 aliphatic rings. The normalized spacial score (nSPS) is 29.1. The number of anilines is 1. The molecule has 0 saturated heterocycles. The predicted octanol–water partition coefficient (Wildman–Crippen LogP) is 0.632. The van der Waals surface area contributed by atoms with Crippen molar-refractivity contribution in [2.45, 2.75) is 24.4 Å². The van der Waals surface area contributed by atoms with Crippen molar-refractivity contribution >= 4 is 16.9 Å². The molecule has 0 radical (unpaired) electrons. The third-order valence-corrected chi connectivity index (χ3v) is 3.98. The molecule has 20 heavy (non-hydrogen) atoms. The minimum atomic E-state index is -3.32. The van der Waals surface area contributed by atoms with E-state index in [0.29, 0.717) is 11.0 Å². The fraction of sp³-hybridized carbons (Fsp3) is 0.500. The van der Waals surface area contributed by atoms with Crippen LogP contribution in [0.3, 0.4) is 0 Å². The first kappa shape index (κ1) is 13.2. The molecule has 3 atom stereocenters. The molecular formula is C12H14F2N4O2. The van der Waals surface area contributed by atoms with Gasteiger partial charge < -0.3 is 20.9 Å². The van der Waals surface area contributed by atoms with Crippen molar-refractivity contribution in [2.75, 3.05) is 12.3 Å². The number of H-pyrrole nitrogens is 1. The van der Waals surface area contributed by atoms with Crippen LogP contribution >= 0.6 is 0 Å². The number of nitrogen functional groups attached to an aromatic ring is 1. The van der Waals surface area contributed by atoms with E-state index in [1.807, 2.05) is 0 Å². The van der Waals surface area contributed by atoms with Gasteiger partial charge in [0.05, 0.1) is 11.4 Å². The van der Waals surface area contributed by atoms with E-state index in [0.717, 1.165) is 0 Å². The van der Waals surface area contributed by atoms with Crippen molar-refractivity contribution in [1.29, 1.82) is 0 Å². The van der Waals surface area contributed by atoms with Gasteiger partial charge >= 0.3 is 0 Å². The SMILES string of the molecule is Nc1ncnc2c([C@@H]3C[C@H](CO)[C@@H](O)C3(F)F)c[nH]c12. The van der Waals surface area contributed by atoms with Gasteiger partial charge in [0.25, 0.3) is 5.92 Å². The number of fused-ring (bicyclic) bond motifs is 1. The summed E-state index contributed by atoms with van der Waals surface area (Å²) in [7, 11) is 0. The van der Waals surface area contributed by atoms with Gasteiger partial charge in [0.2, 0.25) is 0 Å². The highest BCUT2D eigenvalue weighted by molar-refractivity contribution is 5.87. The van der Waals surface area contributed by atoms with Crippen molar-refractivity contribution in [2.24, 2.45) is 5.92 Å². The molecule has 2 heterocycles. The topological polar surface area (TPSA) is 108 Å². The third kappa shape index (κ3) is 1.68. The van der Waals surface area contributed by atoms with Crippen LogP contribution in [0.5, 0.6) is 0 Å². The molecule has 0 unspecified atom stereocenters. The van der Waals surface area contributed by atoms with Gasteiger partial charge in [-0.25, -0.2) is 18.7 Å². The molecule has 0 aromatic carbocycles. The van der Waals surface area contributed by atoms with Crippen LogP contribution in [-0.4, -0.2) is 43.8 Å². The number of alkyl halides is 2. The lowest BCUT2D eigenvalue weighted by atomic mass is 9.95. The van der Waals surface area contributed by atoms with Crippen LogP contribution in [0.2, 0.25) is 0 Å². The van der Waals surface area contributed by atoms with E-state index in [2.05, 4.69) is 15.0 Å². The maximum Gasteiger partial charge on any atom is 0.280 e. The predicted molar refractivity (Wildman–Crippen MR) is 67.2 cm³/mol. The third-order valence-electron chi connectivity index (χ3n) is 3.98. The van der Waals surface area contributed by atoms with Crippen LogP contribution in [-0.2, 0) is 0 Å². The number of hydrogen-bond donors (Lipinski definition) is 4. The van der Waals surface area contributed by atoms with Crippen LogP contribution in [0.1, 0.15) is 17.9 Å². The number of aliphatic hydroxyl groups is 2. The highest BCUT2D eigenvalue weighted by Gasteiger charge is 2.57. The fourth-order valence-corrected chi connectivity index (χ4v) is 2.86. The number of nitrogens with two attached hydrogens (primary N) is 1. The molecule has 5 N–H and O–H groups in total. The van der Waals surface area contributed by atoms with Gasteiger partial charge in [-0.2, -0.15) is 0 Å². The van der Waals surface area contributed by atoms with Crippen LogP contribution in [0.4, 0.5) is 14.6 Å². The summed E-state index contributed by atoms with van der Waals surface area (Å²) in [6, 6.07) is 0. The molecule has 0 amide bonds. The quantitative estimate of drug-likeness (QED) is 0.647. The highest BCUT2D eigenvalue weighted by atomic mass is 19.3. The van der Waals surface area contributed by atoms with E-state index in [1.54, 1.807) is 0 Å². The molecule has 6 nitrogen and oxygen atoms in total. The lowest BCUT2D eigenvalue weighted by Gasteiger charge is -2.21. The maximum absolute atomic E-state index is 14.2. The van der Waals surface area contributed by atoms with Crippen LogP contribution in [0, 0.1) is 5.92 Å². The largest absolute Gasteiger partial charge is 0.396 e. The fourth-order valence-electron chi connectivity index (χ4n) is 2.86. The Morgan fingerprint density at radius 3 is 2.85 bits per heavy atom. The second-order valence-electron chi connectivity index (χ2n) is 5.08. The number of halogens is 2. The Labute approximate surface area is 112 Å². The summed E-state index contributed by atoms with van der Waals surface area (Å²) in [6.07, 6.45) is 0.756. The second kappa shape index (κ2) is 4.35. The number of aromatic amines is 1. The molecule has 2 aromatic heterocycles. The monoisotopic (exact) mass is 284 g/mol. The Morgan fingerprint density at radius 2 is 2.20 bits per heavy atom. The number of aromatic nitrogens is 3. The lowest BCUT2D eigenvalue weighted by molar-refractivity contribution is -0.112. The first-order valence-electron chi connectivity index (χ1n) is 6.21. The smallest absolute Gasteiger partial charge is 0.280 e. The molecule has 1 saturated carbocycles. The van der Waals surface area contributed by atoms with Crippen molar-refractivity contribution in [3.63, 3.8) is 0 Å². The van der Waals surface area contributed by atoms with Crippen LogP contribution in [0.25, 0.3) is 11.0 Å². The molecule has 108 valence electrons. The second-order valence-corrected chi connectivity index (χ2v) is 5.08. The zero-order valence-corrected chi connectivity index (χ0v) is 10.4.